The Kier molecular flexibility index (Phi) is 5.68. The second-order valence-corrected chi connectivity index (χ2v) is 5.06. The van der Waals surface area contributed by atoms with Gasteiger partial charge < -0.3 is 10.6 Å². The van der Waals surface area contributed by atoms with Gasteiger partial charge in [-0.25, -0.2) is 4.68 Å². The number of aromatic nitrogens is 4. The standard InChI is InChI=1S/C12H12Cl2N6O2/c13-9-2-1-8(5-10(9)14)12(22)16-4-3-15-11(21)6-20-7-17-18-19-20/h1-2,5,7H,3-4,6H2,(H,15,21)(H,16,22). The summed E-state index contributed by atoms with van der Waals surface area (Å²) in [6.45, 7) is 0.586. The number of carbonyl (C=O) groups excluding carboxylic acids is 2. The minimum absolute atomic E-state index is 0.0216. The summed E-state index contributed by atoms with van der Waals surface area (Å²) in [5.41, 5.74) is 0.398. The van der Waals surface area contributed by atoms with E-state index >= 15 is 0 Å². The Labute approximate surface area is 135 Å². The monoisotopic (exact) mass is 342 g/mol. The third-order valence-electron chi connectivity index (χ3n) is 2.61. The summed E-state index contributed by atoms with van der Waals surface area (Å²) in [7, 11) is 0. The van der Waals surface area contributed by atoms with Crippen LogP contribution in [0.25, 0.3) is 0 Å². The Balaban J connectivity index is 1.70. The number of tetrazole rings is 1. The van der Waals surface area contributed by atoms with Gasteiger partial charge in [0.2, 0.25) is 5.91 Å². The summed E-state index contributed by atoms with van der Waals surface area (Å²) in [5.74, 6) is -0.552. The predicted molar refractivity (Wildman–Crippen MR) is 79.6 cm³/mol. The van der Waals surface area contributed by atoms with Gasteiger partial charge in [-0.2, -0.15) is 0 Å². The zero-order valence-corrected chi connectivity index (χ0v) is 12.8. The van der Waals surface area contributed by atoms with E-state index in [1.54, 1.807) is 12.1 Å². The number of hydrogen-bond acceptors (Lipinski definition) is 5. The molecular formula is C12H12Cl2N6O2. The van der Waals surface area contributed by atoms with Crippen molar-refractivity contribution in [3.05, 3.63) is 40.1 Å². The molecule has 2 N–H and O–H groups in total. The average molecular weight is 343 g/mol. The number of nitrogens with one attached hydrogen (secondary N) is 2. The second kappa shape index (κ2) is 7.71. The van der Waals surface area contributed by atoms with Crippen molar-refractivity contribution in [2.24, 2.45) is 0 Å². The quantitative estimate of drug-likeness (QED) is 0.745. The van der Waals surface area contributed by atoms with Crippen LogP contribution in [0.4, 0.5) is 0 Å². The van der Waals surface area contributed by atoms with E-state index in [0.717, 1.165) is 0 Å². The molecule has 1 heterocycles. The van der Waals surface area contributed by atoms with Crippen molar-refractivity contribution in [2.45, 2.75) is 6.54 Å². The molecule has 0 aliphatic rings. The topological polar surface area (TPSA) is 102 Å². The third-order valence-corrected chi connectivity index (χ3v) is 3.35. The number of amides is 2. The van der Waals surface area contributed by atoms with Gasteiger partial charge in [0.1, 0.15) is 12.9 Å². The van der Waals surface area contributed by atoms with E-state index in [-0.39, 0.29) is 31.4 Å². The molecular weight excluding hydrogens is 331 g/mol. The van der Waals surface area contributed by atoms with Crippen LogP contribution in [0.15, 0.2) is 24.5 Å². The van der Waals surface area contributed by atoms with Crippen molar-refractivity contribution in [3.63, 3.8) is 0 Å². The summed E-state index contributed by atoms with van der Waals surface area (Å²) < 4.78 is 1.30. The molecule has 0 saturated heterocycles. The van der Waals surface area contributed by atoms with Crippen LogP contribution in [-0.2, 0) is 11.3 Å². The van der Waals surface area contributed by atoms with Crippen LogP contribution in [-0.4, -0.2) is 45.1 Å². The lowest BCUT2D eigenvalue weighted by Crippen LogP contribution is -2.36. The van der Waals surface area contributed by atoms with Crippen LogP contribution in [0.1, 0.15) is 10.4 Å². The molecule has 2 rings (SSSR count). The van der Waals surface area contributed by atoms with Crippen LogP contribution in [0.5, 0.6) is 0 Å². The molecule has 0 spiro atoms. The molecule has 0 atom stereocenters. The summed E-state index contributed by atoms with van der Waals surface area (Å²) in [6, 6.07) is 4.60. The number of nitrogens with zero attached hydrogens (tertiary/aromatic N) is 4. The zero-order valence-electron chi connectivity index (χ0n) is 11.3. The molecule has 8 nitrogen and oxygen atoms in total. The first-order valence-electron chi connectivity index (χ1n) is 6.27. The van der Waals surface area contributed by atoms with E-state index in [1.165, 1.54) is 17.1 Å². The highest BCUT2D eigenvalue weighted by atomic mass is 35.5. The SMILES string of the molecule is O=C(Cn1cnnn1)NCCNC(=O)c1ccc(Cl)c(Cl)c1. The lowest BCUT2D eigenvalue weighted by atomic mass is 10.2. The normalized spacial score (nSPS) is 10.3. The van der Waals surface area contributed by atoms with Crippen LogP contribution in [0.3, 0.4) is 0 Å². The first-order chi connectivity index (χ1) is 10.6. The summed E-state index contributed by atoms with van der Waals surface area (Å²) >= 11 is 11.6. The fraction of sp³-hybridized carbons (Fsp3) is 0.250. The van der Waals surface area contributed by atoms with E-state index < -0.39 is 0 Å². The van der Waals surface area contributed by atoms with Gasteiger partial charge in [0.05, 0.1) is 10.0 Å². The largest absolute Gasteiger partial charge is 0.353 e. The minimum Gasteiger partial charge on any atom is -0.353 e. The minimum atomic E-state index is -0.298. The summed E-state index contributed by atoms with van der Waals surface area (Å²) in [4.78, 5) is 23.4. The predicted octanol–water partition coefficient (Wildman–Crippen LogP) is 0.526. The molecule has 0 radical (unpaired) electrons. The van der Waals surface area contributed by atoms with Crippen molar-refractivity contribution >= 4 is 35.0 Å². The number of rotatable bonds is 6. The van der Waals surface area contributed by atoms with Gasteiger partial charge in [0.15, 0.2) is 0 Å². The second-order valence-electron chi connectivity index (χ2n) is 4.24. The van der Waals surface area contributed by atoms with Crippen LogP contribution < -0.4 is 10.6 Å². The molecule has 0 fully saturated rings. The molecule has 116 valence electrons. The van der Waals surface area contributed by atoms with E-state index in [1.807, 2.05) is 0 Å². The molecule has 0 unspecified atom stereocenters. The lowest BCUT2D eigenvalue weighted by Gasteiger charge is -2.07. The Hall–Kier alpha value is -2.19. The molecule has 1 aromatic carbocycles. The maximum absolute atomic E-state index is 11.9. The zero-order chi connectivity index (χ0) is 15.9. The Morgan fingerprint density at radius 1 is 1.14 bits per heavy atom. The van der Waals surface area contributed by atoms with Gasteiger partial charge in [-0.15, -0.1) is 5.10 Å². The maximum atomic E-state index is 11.9. The van der Waals surface area contributed by atoms with Crippen LogP contribution in [0, 0.1) is 0 Å². The summed E-state index contributed by atoms with van der Waals surface area (Å²) in [6.07, 6.45) is 1.34. The molecule has 22 heavy (non-hydrogen) atoms. The fourth-order valence-electron chi connectivity index (χ4n) is 1.57. The molecule has 10 heteroatoms. The van der Waals surface area contributed by atoms with Gasteiger partial charge in [-0.1, -0.05) is 23.2 Å². The van der Waals surface area contributed by atoms with Gasteiger partial charge in [0, 0.05) is 18.7 Å². The first kappa shape index (κ1) is 16.2. The smallest absolute Gasteiger partial charge is 0.251 e. The third kappa shape index (κ3) is 4.68. The molecule has 2 aromatic rings. The van der Waals surface area contributed by atoms with Gasteiger partial charge in [0.25, 0.3) is 5.91 Å². The van der Waals surface area contributed by atoms with Crippen molar-refractivity contribution < 1.29 is 9.59 Å². The molecule has 0 bridgehead atoms. The van der Waals surface area contributed by atoms with Gasteiger partial charge >= 0.3 is 0 Å². The van der Waals surface area contributed by atoms with Gasteiger partial charge in [-0.3, -0.25) is 9.59 Å². The van der Waals surface area contributed by atoms with Crippen molar-refractivity contribution in [1.29, 1.82) is 0 Å². The maximum Gasteiger partial charge on any atom is 0.251 e. The highest BCUT2D eigenvalue weighted by Crippen LogP contribution is 2.22. The molecule has 0 saturated carbocycles. The highest BCUT2D eigenvalue weighted by molar-refractivity contribution is 6.42. The van der Waals surface area contributed by atoms with E-state index in [0.29, 0.717) is 15.6 Å². The number of halogens is 2. The fourth-order valence-corrected chi connectivity index (χ4v) is 1.87. The van der Waals surface area contributed by atoms with Crippen molar-refractivity contribution in [2.75, 3.05) is 13.1 Å². The van der Waals surface area contributed by atoms with Crippen molar-refractivity contribution in [1.82, 2.24) is 30.8 Å². The first-order valence-corrected chi connectivity index (χ1v) is 7.02. The van der Waals surface area contributed by atoms with E-state index in [4.69, 9.17) is 23.2 Å². The Bertz CT molecular complexity index is 662. The van der Waals surface area contributed by atoms with Crippen molar-refractivity contribution in [3.8, 4) is 0 Å². The number of carbonyl (C=O) groups is 2. The Morgan fingerprint density at radius 2 is 1.91 bits per heavy atom. The average Bonchev–Trinajstić information content (AvgIpc) is 2.99. The molecule has 2 amide bonds. The molecule has 0 aliphatic heterocycles. The summed E-state index contributed by atoms with van der Waals surface area (Å²) in [5, 5.41) is 16.4. The number of hydrogen-bond donors (Lipinski definition) is 2. The van der Waals surface area contributed by atoms with E-state index in [2.05, 4.69) is 26.2 Å². The van der Waals surface area contributed by atoms with Crippen LogP contribution >= 0.6 is 23.2 Å². The van der Waals surface area contributed by atoms with E-state index in [9.17, 15) is 9.59 Å². The Morgan fingerprint density at radius 3 is 2.59 bits per heavy atom. The van der Waals surface area contributed by atoms with Gasteiger partial charge in [-0.05, 0) is 28.6 Å². The van der Waals surface area contributed by atoms with Crippen LogP contribution in [0.2, 0.25) is 10.0 Å². The molecule has 1 aromatic heterocycles. The number of benzene rings is 1. The lowest BCUT2D eigenvalue weighted by molar-refractivity contribution is -0.121. The highest BCUT2D eigenvalue weighted by Gasteiger charge is 2.08. The molecule has 0 aliphatic carbocycles.